The first-order valence-electron chi connectivity index (χ1n) is 9.61. The molecule has 3 heterocycles. The predicted molar refractivity (Wildman–Crippen MR) is 104 cm³/mol. The molecule has 7 nitrogen and oxygen atoms in total. The van der Waals surface area contributed by atoms with Crippen LogP contribution in [0.2, 0.25) is 0 Å². The zero-order valence-electron chi connectivity index (χ0n) is 16.1. The molecule has 1 fully saturated rings. The zero-order chi connectivity index (χ0) is 19.5. The van der Waals surface area contributed by atoms with E-state index in [0.717, 1.165) is 24.9 Å². The Bertz CT molecular complexity index is 937. The largest absolute Gasteiger partial charge is 0.335 e. The fraction of sp³-hybridized carbons (Fsp3) is 0.381. The SMILES string of the molecule is CC(C)c1ccc(C(=O)N2CCCC2Cc2noc(-c3cnccn3)n2)cc1. The molecule has 1 unspecified atom stereocenters. The Kier molecular flexibility index (Phi) is 5.14. The van der Waals surface area contributed by atoms with Crippen molar-refractivity contribution in [1.82, 2.24) is 25.0 Å². The summed E-state index contributed by atoms with van der Waals surface area (Å²) in [6.07, 6.45) is 7.25. The van der Waals surface area contributed by atoms with Gasteiger partial charge in [-0.3, -0.25) is 9.78 Å². The van der Waals surface area contributed by atoms with Crippen LogP contribution in [0.25, 0.3) is 11.6 Å². The molecule has 2 aromatic heterocycles. The van der Waals surface area contributed by atoms with Gasteiger partial charge in [0.1, 0.15) is 5.69 Å². The minimum absolute atomic E-state index is 0.0652. The van der Waals surface area contributed by atoms with Crippen molar-refractivity contribution in [2.24, 2.45) is 0 Å². The molecule has 4 rings (SSSR count). The fourth-order valence-corrected chi connectivity index (χ4v) is 3.55. The molecule has 0 N–H and O–H groups in total. The monoisotopic (exact) mass is 377 g/mol. The number of carbonyl (C=O) groups is 1. The lowest BCUT2D eigenvalue weighted by molar-refractivity contribution is 0.0735. The number of nitrogens with zero attached hydrogens (tertiary/aromatic N) is 5. The van der Waals surface area contributed by atoms with Crippen LogP contribution >= 0.6 is 0 Å². The van der Waals surface area contributed by atoms with Crippen molar-refractivity contribution in [3.8, 4) is 11.6 Å². The lowest BCUT2D eigenvalue weighted by Crippen LogP contribution is -2.37. The number of rotatable bonds is 5. The third-order valence-electron chi connectivity index (χ3n) is 5.13. The van der Waals surface area contributed by atoms with Gasteiger partial charge in [0, 0.05) is 37.0 Å². The van der Waals surface area contributed by atoms with Crippen LogP contribution in [-0.4, -0.2) is 43.5 Å². The van der Waals surface area contributed by atoms with Crippen LogP contribution in [0.1, 0.15) is 54.4 Å². The molecule has 28 heavy (non-hydrogen) atoms. The van der Waals surface area contributed by atoms with Gasteiger partial charge in [-0.05, 0) is 36.5 Å². The normalized spacial score (nSPS) is 16.7. The molecule has 0 saturated carbocycles. The Labute approximate surface area is 163 Å². The first kappa shape index (κ1) is 18.3. The fourth-order valence-electron chi connectivity index (χ4n) is 3.55. The first-order chi connectivity index (χ1) is 13.6. The van der Waals surface area contributed by atoms with E-state index in [4.69, 9.17) is 4.52 Å². The highest BCUT2D eigenvalue weighted by Gasteiger charge is 2.31. The van der Waals surface area contributed by atoms with Gasteiger partial charge in [-0.15, -0.1) is 0 Å². The van der Waals surface area contributed by atoms with Gasteiger partial charge in [-0.2, -0.15) is 4.98 Å². The highest BCUT2D eigenvalue weighted by atomic mass is 16.5. The van der Waals surface area contributed by atoms with E-state index >= 15 is 0 Å². The summed E-state index contributed by atoms with van der Waals surface area (Å²) >= 11 is 0. The lowest BCUT2D eigenvalue weighted by atomic mass is 10.0. The molecule has 1 saturated heterocycles. The molecule has 1 aliphatic rings. The van der Waals surface area contributed by atoms with Gasteiger partial charge in [0.2, 0.25) is 0 Å². The summed E-state index contributed by atoms with van der Waals surface area (Å²) in [6, 6.07) is 8.00. The highest BCUT2D eigenvalue weighted by Crippen LogP contribution is 2.24. The maximum atomic E-state index is 13.0. The molecule has 1 amide bonds. The van der Waals surface area contributed by atoms with E-state index in [1.54, 1.807) is 18.6 Å². The highest BCUT2D eigenvalue weighted by molar-refractivity contribution is 5.94. The third kappa shape index (κ3) is 3.78. The Morgan fingerprint density at radius 1 is 1.25 bits per heavy atom. The van der Waals surface area contributed by atoms with E-state index in [1.807, 2.05) is 29.2 Å². The van der Waals surface area contributed by atoms with E-state index < -0.39 is 0 Å². The van der Waals surface area contributed by atoms with E-state index in [9.17, 15) is 4.79 Å². The number of hydrogen-bond acceptors (Lipinski definition) is 6. The van der Waals surface area contributed by atoms with Gasteiger partial charge in [0.05, 0.1) is 6.20 Å². The smallest absolute Gasteiger partial charge is 0.278 e. The molecule has 1 aliphatic heterocycles. The molecule has 3 aromatic rings. The van der Waals surface area contributed by atoms with Crippen LogP contribution in [0.3, 0.4) is 0 Å². The zero-order valence-corrected chi connectivity index (χ0v) is 16.1. The summed E-state index contributed by atoms with van der Waals surface area (Å²) in [6.45, 7) is 5.05. The van der Waals surface area contributed by atoms with Gasteiger partial charge in [-0.25, -0.2) is 4.98 Å². The number of aromatic nitrogens is 4. The summed E-state index contributed by atoms with van der Waals surface area (Å²) in [5, 5.41) is 4.06. The second-order valence-corrected chi connectivity index (χ2v) is 7.38. The van der Waals surface area contributed by atoms with Gasteiger partial charge in [-0.1, -0.05) is 31.1 Å². The molecule has 0 spiro atoms. The molecule has 7 heteroatoms. The molecule has 1 atom stereocenters. The molecular formula is C21H23N5O2. The van der Waals surface area contributed by atoms with Gasteiger partial charge >= 0.3 is 0 Å². The van der Waals surface area contributed by atoms with E-state index in [2.05, 4.69) is 34.0 Å². The Balaban J connectivity index is 1.46. The topological polar surface area (TPSA) is 85.0 Å². The Morgan fingerprint density at radius 2 is 2.07 bits per heavy atom. The quantitative estimate of drug-likeness (QED) is 0.676. The first-order valence-corrected chi connectivity index (χ1v) is 9.61. The average molecular weight is 377 g/mol. The van der Waals surface area contributed by atoms with Crippen molar-refractivity contribution in [2.45, 2.75) is 45.1 Å². The molecule has 0 radical (unpaired) electrons. The summed E-state index contributed by atoms with van der Waals surface area (Å²) in [4.78, 5) is 27.5. The summed E-state index contributed by atoms with van der Waals surface area (Å²) < 4.78 is 5.31. The number of benzene rings is 1. The maximum absolute atomic E-state index is 13.0. The van der Waals surface area contributed by atoms with Crippen LogP contribution in [0.4, 0.5) is 0 Å². The summed E-state index contributed by atoms with van der Waals surface area (Å²) in [5.74, 6) is 1.45. The molecule has 1 aromatic carbocycles. The van der Waals surface area contributed by atoms with E-state index in [1.165, 1.54) is 5.56 Å². The Morgan fingerprint density at radius 3 is 2.79 bits per heavy atom. The number of likely N-dealkylation sites (tertiary alicyclic amines) is 1. The van der Waals surface area contributed by atoms with Crippen molar-refractivity contribution in [1.29, 1.82) is 0 Å². The van der Waals surface area contributed by atoms with Crippen LogP contribution < -0.4 is 0 Å². The van der Waals surface area contributed by atoms with Crippen LogP contribution in [0.15, 0.2) is 47.4 Å². The average Bonchev–Trinajstić information content (AvgIpc) is 3.38. The standard InChI is InChI=1S/C21H23N5O2/c1-14(2)15-5-7-16(8-6-15)21(27)26-11-3-4-17(26)12-19-24-20(28-25-19)18-13-22-9-10-23-18/h5-10,13-14,17H,3-4,11-12H2,1-2H3. The van der Waals surface area contributed by atoms with Crippen molar-refractivity contribution < 1.29 is 9.32 Å². The Hall–Kier alpha value is -3.09. The summed E-state index contributed by atoms with van der Waals surface area (Å²) in [5.41, 5.74) is 2.51. The molecule has 0 aliphatic carbocycles. The second-order valence-electron chi connectivity index (χ2n) is 7.38. The minimum atomic E-state index is 0.0652. The predicted octanol–water partition coefficient (Wildman–Crippen LogP) is 3.50. The van der Waals surface area contributed by atoms with Gasteiger partial charge < -0.3 is 9.42 Å². The lowest BCUT2D eigenvalue weighted by Gasteiger charge is -2.24. The van der Waals surface area contributed by atoms with Gasteiger partial charge in [0.15, 0.2) is 5.82 Å². The van der Waals surface area contributed by atoms with Crippen molar-refractivity contribution in [3.05, 3.63) is 59.8 Å². The van der Waals surface area contributed by atoms with Crippen molar-refractivity contribution in [2.75, 3.05) is 6.54 Å². The maximum Gasteiger partial charge on any atom is 0.278 e. The molecule has 0 bridgehead atoms. The van der Waals surface area contributed by atoms with Crippen LogP contribution in [0.5, 0.6) is 0 Å². The van der Waals surface area contributed by atoms with E-state index in [-0.39, 0.29) is 11.9 Å². The molecular weight excluding hydrogens is 354 g/mol. The van der Waals surface area contributed by atoms with Crippen LogP contribution in [0, 0.1) is 0 Å². The minimum Gasteiger partial charge on any atom is -0.335 e. The van der Waals surface area contributed by atoms with E-state index in [0.29, 0.717) is 29.7 Å². The second kappa shape index (κ2) is 7.88. The van der Waals surface area contributed by atoms with Crippen molar-refractivity contribution >= 4 is 5.91 Å². The number of amides is 1. The summed E-state index contributed by atoms with van der Waals surface area (Å²) in [7, 11) is 0. The number of carbonyl (C=O) groups excluding carboxylic acids is 1. The van der Waals surface area contributed by atoms with Gasteiger partial charge in [0.25, 0.3) is 11.8 Å². The number of hydrogen-bond donors (Lipinski definition) is 0. The third-order valence-corrected chi connectivity index (χ3v) is 5.13. The van der Waals surface area contributed by atoms with Crippen LogP contribution in [-0.2, 0) is 6.42 Å². The van der Waals surface area contributed by atoms with Crippen molar-refractivity contribution in [3.63, 3.8) is 0 Å². The molecule has 144 valence electrons.